The second-order valence-electron chi connectivity index (χ2n) is 6.70. The number of nitrogens with one attached hydrogen (secondary N) is 1. The van der Waals surface area contributed by atoms with Crippen molar-refractivity contribution in [3.8, 4) is 5.75 Å². The van der Waals surface area contributed by atoms with E-state index >= 15 is 0 Å². The van der Waals surface area contributed by atoms with Gasteiger partial charge >= 0.3 is 0 Å². The fourth-order valence-corrected chi connectivity index (χ4v) is 3.16. The Balaban J connectivity index is 1.25. The lowest BCUT2D eigenvalue weighted by molar-refractivity contribution is -0.123. The minimum atomic E-state index is -0.162. The number of anilines is 1. The topological polar surface area (TPSA) is 63.7 Å². The Kier molecular flexibility index (Phi) is 5.68. The number of rotatable bonds is 6. The smallest absolute Gasteiger partial charge is 0.258 e. The molecule has 1 aliphatic heterocycles. The molecule has 0 atom stereocenters. The van der Waals surface area contributed by atoms with Gasteiger partial charge in [-0.15, -0.1) is 0 Å². The summed E-state index contributed by atoms with van der Waals surface area (Å²) < 4.78 is 11.0. The molecule has 0 aliphatic carbocycles. The number of fused-ring (bicyclic) bond motifs is 1. The van der Waals surface area contributed by atoms with Crippen molar-refractivity contribution in [2.24, 2.45) is 0 Å². The third-order valence-corrected chi connectivity index (χ3v) is 4.72. The van der Waals surface area contributed by atoms with Gasteiger partial charge in [0, 0.05) is 25.8 Å². The van der Waals surface area contributed by atoms with Crippen LogP contribution in [0.3, 0.4) is 0 Å². The summed E-state index contributed by atoms with van der Waals surface area (Å²) in [5.41, 5.74) is 0.955. The molecule has 3 aromatic rings. The molecule has 6 nitrogen and oxygen atoms in total. The third-order valence-electron chi connectivity index (χ3n) is 4.72. The minimum Gasteiger partial charge on any atom is -0.484 e. The van der Waals surface area contributed by atoms with Gasteiger partial charge in [-0.25, -0.2) is 4.98 Å². The Hall–Kier alpha value is -3.12. The van der Waals surface area contributed by atoms with E-state index < -0.39 is 0 Å². The van der Waals surface area contributed by atoms with Gasteiger partial charge in [-0.1, -0.05) is 36.4 Å². The van der Waals surface area contributed by atoms with Crippen molar-refractivity contribution in [3.63, 3.8) is 0 Å². The number of morpholine rings is 1. The second kappa shape index (κ2) is 8.71. The zero-order valence-electron chi connectivity index (χ0n) is 15.6. The van der Waals surface area contributed by atoms with E-state index in [9.17, 15) is 4.79 Å². The Bertz CT molecular complexity index is 937. The predicted molar refractivity (Wildman–Crippen MR) is 109 cm³/mol. The average Bonchev–Trinajstić information content (AvgIpc) is 2.77. The molecule has 0 bridgehead atoms. The number of aromatic nitrogens is 1. The van der Waals surface area contributed by atoms with E-state index in [-0.39, 0.29) is 12.5 Å². The maximum absolute atomic E-state index is 12.1. The van der Waals surface area contributed by atoms with Crippen molar-refractivity contribution in [1.82, 2.24) is 10.3 Å². The first-order chi connectivity index (χ1) is 13.8. The summed E-state index contributed by atoms with van der Waals surface area (Å²) in [6.07, 6.45) is 1.80. The van der Waals surface area contributed by atoms with E-state index in [1.165, 1.54) is 0 Å². The van der Waals surface area contributed by atoms with Crippen LogP contribution in [0.25, 0.3) is 10.8 Å². The SMILES string of the molecule is O=C(COc1ccc2ccccc2c1)NCc1ccc(N2CCOCC2)nc1. The van der Waals surface area contributed by atoms with Crippen LogP contribution in [0.2, 0.25) is 0 Å². The molecule has 0 saturated carbocycles. The monoisotopic (exact) mass is 377 g/mol. The van der Waals surface area contributed by atoms with Gasteiger partial charge in [0.1, 0.15) is 11.6 Å². The Morgan fingerprint density at radius 1 is 1.07 bits per heavy atom. The van der Waals surface area contributed by atoms with Crippen LogP contribution in [0.5, 0.6) is 5.75 Å². The van der Waals surface area contributed by atoms with E-state index in [1.54, 1.807) is 6.20 Å². The van der Waals surface area contributed by atoms with Gasteiger partial charge in [0.2, 0.25) is 0 Å². The minimum absolute atomic E-state index is 0.0162. The van der Waals surface area contributed by atoms with Crippen LogP contribution >= 0.6 is 0 Å². The van der Waals surface area contributed by atoms with Gasteiger partial charge in [-0.3, -0.25) is 4.79 Å². The fourth-order valence-electron chi connectivity index (χ4n) is 3.16. The first kappa shape index (κ1) is 18.3. The molecule has 0 unspecified atom stereocenters. The molecule has 1 amide bonds. The molecule has 28 heavy (non-hydrogen) atoms. The lowest BCUT2D eigenvalue weighted by Crippen LogP contribution is -2.36. The van der Waals surface area contributed by atoms with E-state index in [0.29, 0.717) is 12.3 Å². The van der Waals surface area contributed by atoms with Crippen LogP contribution in [0.1, 0.15) is 5.56 Å². The maximum Gasteiger partial charge on any atom is 0.258 e. The highest BCUT2D eigenvalue weighted by atomic mass is 16.5. The molecule has 6 heteroatoms. The highest BCUT2D eigenvalue weighted by Gasteiger charge is 2.12. The Morgan fingerprint density at radius 2 is 1.89 bits per heavy atom. The van der Waals surface area contributed by atoms with Crippen LogP contribution < -0.4 is 15.0 Å². The molecule has 0 spiro atoms. The quantitative estimate of drug-likeness (QED) is 0.716. The van der Waals surface area contributed by atoms with Crippen molar-refractivity contribution in [3.05, 3.63) is 66.4 Å². The summed E-state index contributed by atoms with van der Waals surface area (Å²) in [6.45, 7) is 3.59. The molecule has 1 fully saturated rings. The molecule has 1 aromatic heterocycles. The number of hydrogen-bond acceptors (Lipinski definition) is 5. The summed E-state index contributed by atoms with van der Waals surface area (Å²) in [7, 11) is 0. The number of hydrogen-bond donors (Lipinski definition) is 1. The second-order valence-corrected chi connectivity index (χ2v) is 6.70. The molecular formula is C22H23N3O3. The highest BCUT2D eigenvalue weighted by molar-refractivity contribution is 5.84. The van der Waals surface area contributed by atoms with E-state index in [2.05, 4.69) is 15.2 Å². The van der Waals surface area contributed by atoms with Gasteiger partial charge in [0.25, 0.3) is 5.91 Å². The Morgan fingerprint density at radius 3 is 2.68 bits per heavy atom. The van der Waals surface area contributed by atoms with Crippen LogP contribution in [-0.4, -0.2) is 43.8 Å². The zero-order valence-corrected chi connectivity index (χ0v) is 15.6. The van der Waals surface area contributed by atoms with Crippen molar-refractivity contribution >= 4 is 22.5 Å². The van der Waals surface area contributed by atoms with E-state index in [1.807, 2.05) is 54.6 Å². The molecule has 2 heterocycles. The molecule has 2 aromatic carbocycles. The number of nitrogens with zero attached hydrogens (tertiary/aromatic N) is 2. The number of carbonyl (C=O) groups excluding carboxylic acids is 1. The number of benzene rings is 2. The standard InChI is InChI=1S/C22H23N3O3/c26-22(16-28-20-7-6-18-3-1-2-4-19(18)13-20)24-15-17-5-8-21(23-14-17)25-9-11-27-12-10-25/h1-8,13-14H,9-12,15-16H2,(H,24,26). The van der Waals surface area contributed by atoms with Gasteiger partial charge in [0.05, 0.1) is 13.2 Å². The van der Waals surface area contributed by atoms with Crippen molar-refractivity contribution in [1.29, 1.82) is 0 Å². The maximum atomic E-state index is 12.1. The molecule has 0 radical (unpaired) electrons. The van der Waals surface area contributed by atoms with Crippen LogP contribution in [0.15, 0.2) is 60.8 Å². The van der Waals surface area contributed by atoms with Crippen LogP contribution in [0.4, 0.5) is 5.82 Å². The predicted octanol–water partition coefficient (Wildman–Crippen LogP) is 2.77. The average molecular weight is 377 g/mol. The normalized spacial score (nSPS) is 14.1. The summed E-state index contributed by atoms with van der Waals surface area (Å²) in [5, 5.41) is 5.10. The summed E-state index contributed by atoms with van der Waals surface area (Å²) in [6, 6.07) is 17.8. The number of carbonyl (C=O) groups is 1. The lowest BCUT2D eigenvalue weighted by atomic mass is 10.1. The number of amides is 1. The number of ether oxygens (including phenoxy) is 2. The number of pyridine rings is 1. The molecule has 4 rings (SSSR count). The molecule has 1 aliphatic rings. The highest BCUT2D eigenvalue weighted by Crippen LogP contribution is 2.20. The Labute approximate surface area is 164 Å². The van der Waals surface area contributed by atoms with Crippen molar-refractivity contribution < 1.29 is 14.3 Å². The largest absolute Gasteiger partial charge is 0.484 e. The van der Waals surface area contributed by atoms with Crippen LogP contribution in [-0.2, 0) is 16.1 Å². The molecule has 1 saturated heterocycles. The van der Waals surface area contributed by atoms with Gasteiger partial charge in [-0.05, 0) is 34.5 Å². The molecule has 1 N–H and O–H groups in total. The summed E-state index contributed by atoms with van der Waals surface area (Å²) in [5.74, 6) is 1.47. The fraction of sp³-hybridized carbons (Fsp3) is 0.273. The molecular weight excluding hydrogens is 354 g/mol. The van der Waals surface area contributed by atoms with Gasteiger partial charge < -0.3 is 19.7 Å². The summed E-state index contributed by atoms with van der Waals surface area (Å²) >= 11 is 0. The third kappa shape index (κ3) is 4.58. The van der Waals surface area contributed by atoms with Gasteiger partial charge in [-0.2, -0.15) is 0 Å². The lowest BCUT2D eigenvalue weighted by Gasteiger charge is -2.27. The zero-order chi connectivity index (χ0) is 19.2. The summed E-state index contributed by atoms with van der Waals surface area (Å²) in [4.78, 5) is 18.8. The van der Waals surface area contributed by atoms with E-state index in [4.69, 9.17) is 9.47 Å². The van der Waals surface area contributed by atoms with Crippen LogP contribution in [0, 0.1) is 0 Å². The van der Waals surface area contributed by atoms with Gasteiger partial charge in [0.15, 0.2) is 6.61 Å². The van der Waals surface area contributed by atoms with Crippen molar-refractivity contribution in [2.75, 3.05) is 37.8 Å². The first-order valence-electron chi connectivity index (χ1n) is 9.44. The first-order valence-corrected chi connectivity index (χ1v) is 9.44. The van der Waals surface area contributed by atoms with Crippen molar-refractivity contribution in [2.45, 2.75) is 6.54 Å². The molecule has 144 valence electrons. The van der Waals surface area contributed by atoms with E-state index in [0.717, 1.165) is 48.5 Å².